The first kappa shape index (κ1) is 14.8. The molecule has 2 rings (SSSR count). The largest absolute Gasteiger partial charge is 0.330 e. The molecule has 0 spiro atoms. The van der Waals surface area contributed by atoms with Gasteiger partial charge in [0.15, 0.2) is 0 Å². The zero-order valence-corrected chi connectivity index (χ0v) is 13.0. The Kier molecular flexibility index (Phi) is 5.25. The van der Waals surface area contributed by atoms with E-state index >= 15 is 0 Å². The summed E-state index contributed by atoms with van der Waals surface area (Å²) in [5.41, 5.74) is 6.40. The lowest BCUT2D eigenvalue weighted by atomic mass is 9.81. The van der Waals surface area contributed by atoms with Crippen molar-refractivity contribution in [2.45, 2.75) is 25.7 Å². The van der Waals surface area contributed by atoms with E-state index in [1.54, 1.807) is 6.07 Å². The Hall–Kier alpha value is -0.580. The van der Waals surface area contributed by atoms with Gasteiger partial charge in [0.05, 0.1) is 15.2 Å². The second-order valence-electron chi connectivity index (χ2n) is 5.04. The smallest absolute Gasteiger partial charge is 0.227 e. The van der Waals surface area contributed by atoms with Crippen LogP contribution in [0.4, 0.5) is 5.69 Å². The van der Waals surface area contributed by atoms with Gasteiger partial charge in [0.25, 0.3) is 0 Å². The van der Waals surface area contributed by atoms with E-state index in [0.29, 0.717) is 10.9 Å². The maximum Gasteiger partial charge on any atom is 0.227 e. The Morgan fingerprint density at radius 2 is 2.05 bits per heavy atom. The molecule has 0 unspecified atom stereocenters. The Bertz CT molecular complexity index is 459. The van der Waals surface area contributed by atoms with Gasteiger partial charge in [-0.1, -0.05) is 17.7 Å². The number of rotatable bonds is 3. The number of nitrogens with two attached hydrogens (primary N) is 1. The molecule has 3 N–H and O–H groups in total. The molecular weight excluding hydrogens is 328 g/mol. The van der Waals surface area contributed by atoms with Gasteiger partial charge >= 0.3 is 0 Å². The van der Waals surface area contributed by atoms with Crippen molar-refractivity contribution in [1.29, 1.82) is 0 Å². The van der Waals surface area contributed by atoms with E-state index in [9.17, 15) is 4.79 Å². The number of hydrogen-bond acceptors (Lipinski definition) is 2. The zero-order valence-electron chi connectivity index (χ0n) is 10.7. The molecule has 1 fully saturated rings. The van der Waals surface area contributed by atoms with Gasteiger partial charge in [-0.15, -0.1) is 0 Å². The highest BCUT2D eigenvalue weighted by Crippen LogP contribution is 2.32. The molecule has 5 heteroatoms. The summed E-state index contributed by atoms with van der Waals surface area (Å²) in [6, 6.07) is 5.46. The van der Waals surface area contributed by atoms with Crippen molar-refractivity contribution in [1.82, 2.24) is 0 Å². The molecule has 1 aromatic carbocycles. The molecular formula is C14H18BrClN2O. The SMILES string of the molecule is NCC1CCC(C(=O)Nc2cccc(Cl)c2Br)CC1. The molecule has 104 valence electrons. The van der Waals surface area contributed by atoms with Crippen molar-refractivity contribution in [3.8, 4) is 0 Å². The van der Waals surface area contributed by atoms with Gasteiger partial charge in [-0.2, -0.15) is 0 Å². The van der Waals surface area contributed by atoms with E-state index in [2.05, 4.69) is 21.2 Å². The molecule has 0 heterocycles. The second kappa shape index (κ2) is 6.73. The normalized spacial score (nSPS) is 23.1. The number of hydrogen-bond donors (Lipinski definition) is 2. The van der Waals surface area contributed by atoms with Crippen LogP contribution in [-0.2, 0) is 4.79 Å². The van der Waals surface area contributed by atoms with Gasteiger partial charge in [-0.25, -0.2) is 0 Å². The summed E-state index contributed by atoms with van der Waals surface area (Å²) in [7, 11) is 0. The number of carbonyl (C=O) groups excluding carboxylic acids is 1. The first-order chi connectivity index (χ1) is 9.11. The maximum absolute atomic E-state index is 12.2. The number of amides is 1. The fourth-order valence-corrected chi connectivity index (χ4v) is 3.03. The van der Waals surface area contributed by atoms with Crippen LogP contribution in [0.2, 0.25) is 5.02 Å². The molecule has 1 aromatic rings. The molecule has 1 aliphatic rings. The third kappa shape index (κ3) is 3.71. The topological polar surface area (TPSA) is 55.1 Å². The predicted octanol–water partition coefficient (Wildman–Crippen LogP) is 3.81. The molecule has 0 aromatic heterocycles. The Morgan fingerprint density at radius 1 is 1.37 bits per heavy atom. The molecule has 0 radical (unpaired) electrons. The Labute approximate surface area is 127 Å². The van der Waals surface area contributed by atoms with Gasteiger partial charge in [-0.05, 0) is 66.2 Å². The molecule has 1 amide bonds. The molecule has 19 heavy (non-hydrogen) atoms. The lowest BCUT2D eigenvalue weighted by Gasteiger charge is -2.26. The molecule has 0 saturated heterocycles. The summed E-state index contributed by atoms with van der Waals surface area (Å²) in [6.45, 7) is 0.730. The predicted molar refractivity (Wildman–Crippen MR) is 82.3 cm³/mol. The highest BCUT2D eigenvalue weighted by molar-refractivity contribution is 9.10. The zero-order chi connectivity index (χ0) is 13.8. The minimum Gasteiger partial charge on any atom is -0.330 e. The number of carbonyl (C=O) groups is 1. The fraction of sp³-hybridized carbons (Fsp3) is 0.500. The van der Waals surface area contributed by atoms with E-state index in [-0.39, 0.29) is 11.8 Å². The van der Waals surface area contributed by atoms with E-state index in [0.717, 1.165) is 42.4 Å². The molecule has 0 aliphatic heterocycles. The van der Waals surface area contributed by atoms with Crippen LogP contribution in [0.15, 0.2) is 22.7 Å². The van der Waals surface area contributed by atoms with Gasteiger partial charge in [0.2, 0.25) is 5.91 Å². The average molecular weight is 346 g/mol. The van der Waals surface area contributed by atoms with E-state index in [1.165, 1.54) is 0 Å². The first-order valence-electron chi connectivity index (χ1n) is 6.56. The summed E-state index contributed by atoms with van der Waals surface area (Å²) in [6.07, 6.45) is 3.94. The van der Waals surface area contributed by atoms with Crippen LogP contribution in [0, 0.1) is 11.8 Å². The van der Waals surface area contributed by atoms with E-state index < -0.39 is 0 Å². The van der Waals surface area contributed by atoms with Crippen LogP contribution in [0.25, 0.3) is 0 Å². The van der Waals surface area contributed by atoms with Gasteiger partial charge < -0.3 is 11.1 Å². The van der Waals surface area contributed by atoms with Crippen LogP contribution in [-0.4, -0.2) is 12.5 Å². The second-order valence-corrected chi connectivity index (χ2v) is 6.24. The molecule has 1 aliphatic carbocycles. The highest BCUT2D eigenvalue weighted by Gasteiger charge is 2.26. The van der Waals surface area contributed by atoms with Crippen molar-refractivity contribution < 1.29 is 4.79 Å². The van der Waals surface area contributed by atoms with E-state index in [4.69, 9.17) is 17.3 Å². The van der Waals surface area contributed by atoms with Crippen molar-refractivity contribution in [2.24, 2.45) is 17.6 Å². The average Bonchev–Trinajstić information content (AvgIpc) is 2.44. The number of anilines is 1. The Balaban J connectivity index is 1.96. The number of halogens is 2. The van der Waals surface area contributed by atoms with Crippen LogP contribution < -0.4 is 11.1 Å². The van der Waals surface area contributed by atoms with Crippen molar-refractivity contribution in [3.05, 3.63) is 27.7 Å². The summed E-state index contributed by atoms with van der Waals surface area (Å²) < 4.78 is 0.737. The summed E-state index contributed by atoms with van der Waals surface area (Å²) in [5.74, 6) is 0.758. The number of nitrogens with one attached hydrogen (secondary N) is 1. The van der Waals surface area contributed by atoms with Gasteiger partial charge in [-0.3, -0.25) is 4.79 Å². The van der Waals surface area contributed by atoms with Gasteiger partial charge in [0, 0.05) is 5.92 Å². The van der Waals surface area contributed by atoms with Crippen molar-refractivity contribution in [3.63, 3.8) is 0 Å². The standard InChI is InChI=1S/C14H18BrClN2O/c15-13-11(16)2-1-3-12(13)18-14(19)10-6-4-9(8-17)5-7-10/h1-3,9-10H,4-8,17H2,(H,18,19). The lowest BCUT2D eigenvalue weighted by Crippen LogP contribution is -2.29. The Morgan fingerprint density at radius 3 is 2.68 bits per heavy atom. The van der Waals surface area contributed by atoms with Crippen molar-refractivity contribution >= 4 is 39.1 Å². The van der Waals surface area contributed by atoms with Crippen LogP contribution in [0.1, 0.15) is 25.7 Å². The fourth-order valence-electron chi connectivity index (χ4n) is 2.50. The molecule has 0 bridgehead atoms. The van der Waals surface area contributed by atoms with Crippen LogP contribution >= 0.6 is 27.5 Å². The quantitative estimate of drug-likeness (QED) is 0.875. The third-order valence-corrected chi connectivity index (χ3v) is 5.16. The van der Waals surface area contributed by atoms with Crippen LogP contribution in [0.5, 0.6) is 0 Å². The molecule has 3 nitrogen and oxygen atoms in total. The summed E-state index contributed by atoms with van der Waals surface area (Å²) in [5, 5.41) is 3.55. The third-order valence-electron chi connectivity index (χ3n) is 3.76. The summed E-state index contributed by atoms with van der Waals surface area (Å²) >= 11 is 9.40. The first-order valence-corrected chi connectivity index (χ1v) is 7.74. The maximum atomic E-state index is 12.2. The van der Waals surface area contributed by atoms with E-state index in [1.807, 2.05) is 12.1 Å². The minimum absolute atomic E-state index is 0.0819. The molecule has 0 atom stereocenters. The monoisotopic (exact) mass is 344 g/mol. The van der Waals surface area contributed by atoms with Gasteiger partial charge in [0.1, 0.15) is 0 Å². The van der Waals surface area contributed by atoms with Crippen molar-refractivity contribution in [2.75, 3.05) is 11.9 Å². The lowest BCUT2D eigenvalue weighted by molar-refractivity contribution is -0.121. The molecule has 1 saturated carbocycles. The minimum atomic E-state index is 0.0819. The number of benzene rings is 1. The summed E-state index contributed by atoms with van der Waals surface area (Å²) in [4.78, 5) is 12.2. The van der Waals surface area contributed by atoms with Crippen LogP contribution in [0.3, 0.4) is 0 Å². The highest BCUT2D eigenvalue weighted by atomic mass is 79.9.